The summed E-state index contributed by atoms with van der Waals surface area (Å²) in [4.78, 5) is 13.5. The summed E-state index contributed by atoms with van der Waals surface area (Å²) in [6, 6.07) is 0.985. The van der Waals surface area contributed by atoms with Crippen molar-refractivity contribution in [2.24, 2.45) is 5.73 Å². The quantitative estimate of drug-likeness (QED) is 0.606. The molecule has 0 radical (unpaired) electrons. The summed E-state index contributed by atoms with van der Waals surface area (Å²) in [7, 11) is 0. The van der Waals surface area contributed by atoms with Crippen LogP contribution in [0.25, 0.3) is 0 Å². The third kappa shape index (κ3) is 3.41. The van der Waals surface area contributed by atoms with Crippen LogP contribution in [0, 0.1) is 5.95 Å². The van der Waals surface area contributed by atoms with Crippen LogP contribution in [0.1, 0.15) is 10.5 Å². The molecule has 0 saturated carbocycles. The number of hydrogen-bond acceptors (Lipinski definition) is 3. The monoisotopic (exact) mass is 224 g/mol. The van der Waals surface area contributed by atoms with E-state index < -0.39 is 29.7 Å². The van der Waals surface area contributed by atoms with Crippen LogP contribution in [0.15, 0.2) is 12.1 Å². The molecule has 1 heterocycles. The average Bonchev–Trinajstić information content (AvgIpc) is 1.99. The van der Waals surface area contributed by atoms with Crippen LogP contribution in [0.4, 0.5) is 17.6 Å². The number of pyridine rings is 1. The van der Waals surface area contributed by atoms with Gasteiger partial charge in [0.05, 0.1) is 0 Å². The van der Waals surface area contributed by atoms with E-state index >= 15 is 0 Å². The van der Waals surface area contributed by atoms with Gasteiger partial charge in [-0.2, -0.15) is 4.39 Å². The van der Waals surface area contributed by atoms with Gasteiger partial charge in [0.25, 0.3) is 5.91 Å². The molecule has 1 rings (SSSR count). The zero-order chi connectivity index (χ0) is 11.6. The number of nitrogens with zero attached hydrogens (tertiary/aromatic N) is 1. The molecular formula is C7H4F4N2O2. The van der Waals surface area contributed by atoms with Crippen molar-refractivity contribution < 1.29 is 27.1 Å². The number of nitrogens with two attached hydrogens (primary N) is 1. The van der Waals surface area contributed by atoms with Crippen LogP contribution >= 0.6 is 0 Å². The summed E-state index contributed by atoms with van der Waals surface area (Å²) in [5, 5.41) is 0. The van der Waals surface area contributed by atoms with Gasteiger partial charge in [-0.25, -0.2) is 4.98 Å². The minimum absolute atomic E-state index is 0.389. The van der Waals surface area contributed by atoms with Gasteiger partial charge in [-0.05, 0) is 0 Å². The highest BCUT2D eigenvalue weighted by atomic mass is 19.4. The number of rotatable bonds is 2. The minimum Gasteiger partial charge on any atom is -0.406 e. The lowest BCUT2D eigenvalue weighted by Gasteiger charge is -2.08. The van der Waals surface area contributed by atoms with Crippen LogP contribution < -0.4 is 10.5 Å². The topological polar surface area (TPSA) is 65.2 Å². The van der Waals surface area contributed by atoms with Crippen molar-refractivity contribution in [2.45, 2.75) is 6.36 Å². The van der Waals surface area contributed by atoms with E-state index in [0.717, 1.165) is 0 Å². The highest BCUT2D eigenvalue weighted by Crippen LogP contribution is 2.23. The Morgan fingerprint density at radius 2 is 2.00 bits per heavy atom. The molecule has 0 aliphatic rings. The first kappa shape index (κ1) is 11.2. The van der Waals surface area contributed by atoms with E-state index in [1.807, 2.05) is 0 Å². The smallest absolute Gasteiger partial charge is 0.406 e. The number of amides is 1. The summed E-state index contributed by atoms with van der Waals surface area (Å²) >= 11 is 0. The lowest BCUT2D eigenvalue weighted by molar-refractivity contribution is -0.274. The van der Waals surface area contributed by atoms with Crippen molar-refractivity contribution in [1.29, 1.82) is 0 Å². The van der Waals surface area contributed by atoms with E-state index in [2.05, 4.69) is 9.72 Å². The Kier molecular flexibility index (Phi) is 2.78. The Labute approximate surface area is 80.7 Å². The minimum atomic E-state index is -4.97. The number of alkyl halides is 3. The average molecular weight is 224 g/mol. The molecule has 0 aliphatic carbocycles. The summed E-state index contributed by atoms with van der Waals surface area (Å²) in [5.41, 5.74) is 4.07. The van der Waals surface area contributed by atoms with Gasteiger partial charge in [-0.15, -0.1) is 13.2 Å². The van der Waals surface area contributed by atoms with Crippen LogP contribution in [0.5, 0.6) is 5.75 Å². The zero-order valence-corrected chi connectivity index (χ0v) is 7.01. The standard InChI is InChI=1S/C7H4F4N2O2/c8-5-2-3(15-7(9,10)11)1-4(13-5)6(12)14/h1-2H,(H2,12,14). The van der Waals surface area contributed by atoms with E-state index in [1.54, 1.807) is 0 Å². The number of carbonyl (C=O) groups excluding carboxylic acids is 1. The van der Waals surface area contributed by atoms with Crippen molar-refractivity contribution in [3.63, 3.8) is 0 Å². The number of halogens is 4. The van der Waals surface area contributed by atoms with Crippen molar-refractivity contribution >= 4 is 5.91 Å². The van der Waals surface area contributed by atoms with Gasteiger partial charge in [0.15, 0.2) is 0 Å². The third-order valence-corrected chi connectivity index (χ3v) is 1.25. The van der Waals surface area contributed by atoms with Gasteiger partial charge >= 0.3 is 6.36 Å². The Hall–Kier alpha value is -1.86. The van der Waals surface area contributed by atoms with Crippen molar-refractivity contribution in [3.05, 3.63) is 23.8 Å². The Balaban J connectivity index is 3.04. The second kappa shape index (κ2) is 3.71. The molecule has 4 nitrogen and oxygen atoms in total. The van der Waals surface area contributed by atoms with Gasteiger partial charge in [0, 0.05) is 12.1 Å². The van der Waals surface area contributed by atoms with Crippen LogP contribution in [-0.2, 0) is 0 Å². The fourth-order valence-corrected chi connectivity index (χ4v) is 0.792. The van der Waals surface area contributed by atoms with E-state index in [-0.39, 0.29) is 0 Å². The van der Waals surface area contributed by atoms with Crippen LogP contribution in [0.2, 0.25) is 0 Å². The molecule has 1 aromatic rings. The van der Waals surface area contributed by atoms with Gasteiger partial charge in [-0.1, -0.05) is 0 Å². The van der Waals surface area contributed by atoms with E-state index in [1.165, 1.54) is 0 Å². The second-order valence-electron chi connectivity index (χ2n) is 2.42. The second-order valence-corrected chi connectivity index (χ2v) is 2.42. The van der Waals surface area contributed by atoms with Crippen LogP contribution in [-0.4, -0.2) is 17.3 Å². The molecular weight excluding hydrogens is 220 g/mol. The molecule has 0 saturated heterocycles. The normalized spacial score (nSPS) is 11.2. The summed E-state index contributed by atoms with van der Waals surface area (Å²) in [6.07, 6.45) is -4.97. The van der Waals surface area contributed by atoms with Crippen molar-refractivity contribution in [3.8, 4) is 5.75 Å². The largest absolute Gasteiger partial charge is 0.573 e. The zero-order valence-electron chi connectivity index (χ0n) is 7.01. The molecule has 0 aromatic carbocycles. The summed E-state index contributed by atoms with van der Waals surface area (Å²) < 4.78 is 51.2. The summed E-state index contributed by atoms with van der Waals surface area (Å²) in [5.74, 6) is -3.32. The number of aromatic nitrogens is 1. The molecule has 1 aromatic heterocycles. The van der Waals surface area contributed by atoms with Gasteiger partial charge in [0.2, 0.25) is 5.95 Å². The third-order valence-electron chi connectivity index (χ3n) is 1.25. The Morgan fingerprint density at radius 3 is 2.47 bits per heavy atom. The molecule has 0 unspecified atom stereocenters. The molecule has 0 atom stereocenters. The first-order chi connectivity index (χ1) is 6.78. The fourth-order valence-electron chi connectivity index (χ4n) is 0.792. The van der Waals surface area contributed by atoms with Crippen LogP contribution in [0.3, 0.4) is 0 Å². The lowest BCUT2D eigenvalue weighted by Crippen LogP contribution is -2.19. The number of hydrogen-bond donors (Lipinski definition) is 1. The summed E-state index contributed by atoms with van der Waals surface area (Å²) in [6.45, 7) is 0. The van der Waals surface area contributed by atoms with Gasteiger partial charge < -0.3 is 10.5 Å². The molecule has 15 heavy (non-hydrogen) atoms. The fraction of sp³-hybridized carbons (Fsp3) is 0.143. The van der Waals surface area contributed by atoms with E-state index in [4.69, 9.17) is 5.73 Å². The van der Waals surface area contributed by atoms with Gasteiger partial charge in [-0.3, -0.25) is 4.79 Å². The molecule has 0 spiro atoms. The number of primary amides is 1. The Morgan fingerprint density at radius 1 is 1.40 bits per heavy atom. The predicted octanol–water partition coefficient (Wildman–Crippen LogP) is 1.22. The maximum Gasteiger partial charge on any atom is 0.573 e. The van der Waals surface area contributed by atoms with Crippen molar-refractivity contribution in [2.75, 3.05) is 0 Å². The highest BCUT2D eigenvalue weighted by Gasteiger charge is 2.31. The highest BCUT2D eigenvalue weighted by molar-refractivity contribution is 5.91. The maximum atomic E-state index is 12.6. The first-order valence-electron chi connectivity index (χ1n) is 3.51. The number of ether oxygens (including phenoxy) is 1. The molecule has 82 valence electrons. The van der Waals surface area contributed by atoms with E-state index in [0.29, 0.717) is 12.1 Å². The molecule has 0 fully saturated rings. The van der Waals surface area contributed by atoms with E-state index in [9.17, 15) is 22.4 Å². The van der Waals surface area contributed by atoms with Gasteiger partial charge in [0.1, 0.15) is 11.4 Å². The maximum absolute atomic E-state index is 12.6. The predicted molar refractivity (Wildman–Crippen MR) is 39.4 cm³/mol. The molecule has 1 amide bonds. The molecule has 8 heteroatoms. The Bertz CT molecular complexity index is 391. The molecule has 2 N–H and O–H groups in total. The molecule has 0 aliphatic heterocycles. The first-order valence-corrected chi connectivity index (χ1v) is 3.51. The lowest BCUT2D eigenvalue weighted by atomic mass is 10.3. The van der Waals surface area contributed by atoms with Crippen molar-refractivity contribution in [1.82, 2.24) is 4.98 Å². The number of carbonyl (C=O) groups is 1. The SMILES string of the molecule is NC(=O)c1cc(OC(F)(F)F)cc(F)n1. The molecule has 0 bridgehead atoms.